The van der Waals surface area contributed by atoms with Crippen molar-refractivity contribution in [1.29, 1.82) is 0 Å². The third-order valence-corrected chi connectivity index (χ3v) is 4.85. The Morgan fingerprint density at radius 1 is 1.33 bits per heavy atom. The standard InChI is InChI=1S/C17H26N2O.ClH/c1-4-17(5-2,11-18)19-16(20)15-10-14(15)13-9-7-6-8-12(13)3;/h6-9,14-15H,4-5,10-11,18H2,1-3H3,(H,19,20);1H. The average Bonchev–Trinajstić information content (AvgIpc) is 3.26. The van der Waals surface area contributed by atoms with E-state index in [1.165, 1.54) is 11.1 Å². The third kappa shape index (κ3) is 3.78. The van der Waals surface area contributed by atoms with Gasteiger partial charge in [0.25, 0.3) is 0 Å². The van der Waals surface area contributed by atoms with Crippen molar-refractivity contribution < 1.29 is 4.79 Å². The molecule has 3 nitrogen and oxygen atoms in total. The van der Waals surface area contributed by atoms with Crippen LogP contribution in [0, 0.1) is 12.8 Å². The molecule has 0 saturated heterocycles. The minimum Gasteiger partial charge on any atom is -0.349 e. The minimum absolute atomic E-state index is 0. The SMILES string of the molecule is CCC(CC)(CN)NC(=O)C1CC1c1ccccc1C.Cl. The Morgan fingerprint density at radius 2 is 1.95 bits per heavy atom. The van der Waals surface area contributed by atoms with Crippen molar-refractivity contribution in [2.24, 2.45) is 11.7 Å². The Morgan fingerprint density at radius 3 is 2.48 bits per heavy atom. The van der Waals surface area contributed by atoms with Crippen molar-refractivity contribution in [2.45, 2.75) is 51.5 Å². The van der Waals surface area contributed by atoms with Gasteiger partial charge >= 0.3 is 0 Å². The van der Waals surface area contributed by atoms with E-state index in [2.05, 4.69) is 44.3 Å². The summed E-state index contributed by atoms with van der Waals surface area (Å²) in [6.07, 6.45) is 2.73. The van der Waals surface area contributed by atoms with E-state index in [-0.39, 0.29) is 29.8 Å². The van der Waals surface area contributed by atoms with Gasteiger partial charge in [0.05, 0.1) is 5.54 Å². The molecule has 2 atom stereocenters. The van der Waals surface area contributed by atoms with Gasteiger partial charge in [0, 0.05) is 12.5 Å². The summed E-state index contributed by atoms with van der Waals surface area (Å²) >= 11 is 0. The lowest BCUT2D eigenvalue weighted by atomic mass is 9.92. The van der Waals surface area contributed by atoms with Crippen LogP contribution in [0.5, 0.6) is 0 Å². The van der Waals surface area contributed by atoms with E-state index < -0.39 is 0 Å². The van der Waals surface area contributed by atoms with Crippen molar-refractivity contribution >= 4 is 18.3 Å². The summed E-state index contributed by atoms with van der Waals surface area (Å²) in [7, 11) is 0. The number of hydrogen-bond acceptors (Lipinski definition) is 2. The van der Waals surface area contributed by atoms with Crippen LogP contribution >= 0.6 is 12.4 Å². The molecule has 2 rings (SSSR count). The molecular formula is C17H27ClN2O. The Balaban J connectivity index is 0.00000220. The van der Waals surface area contributed by atoms with E-state index in [4.69, 9.17) is 5.73 Å². The van der Waals surface area contributed by atoms with Gasteiger partial charge < -0.3 is 11.1 Å². The van der Waals surface area contributed by atoms with Crippen LogP contribution in [-0.2, 0) is 4.79 Å². The molecule has 118 valence electrons. The number of nitrogens with one attached hydrogen (secondary N) is 1. The molecule has 0 bridgehead atoms. The zero-order valence-corrected chi connectivity index (χ0v) is 14.0. The molecule has 21 heavy (non-hydrogen) atoms. The number of aryl methyl sites for hydroxylation is 1. The number of hydrogen-bond donors (Lipinski definition) is 2. The number of carbonyl (C=O) groups is 1. The van der Waals surface area contributed by atoms with Gasteiger partial charge in [0.2, 0.25) is 5.91 Å². The first-order valence-electron chi connectivity index (χ1n) is 7.64. The van der Waals surface area contributed by atoms with Crippen LogP contribution in [-0.4, -0.2) is 18.0 Å². The fourth-order valence-electron chi connectivity index (χ4n) is 2.95. The average molecular weight is 311 g/mol. The van der Waals surface area contributed by atoms with E-state index >= 15 is 0 Å². The molecule has 1 aromatic carbocycles. The molecular weight excluding hydrogens is 284 g/mol. The maximum Gasteiger partial charge on any atom is 0.224 e. The van der Waals surface area contributed by atoms with Gasteiger partial charge in [0.1, 0.15) is 0 Å². The Hall–Kier alpha value is -1.06. The third-order valence-electron chi connectivity index (χ3n) is 4.85. The molecule has 4 heteroatoms. The number of nitrogens with two attached hydrogens (primary N) is 1. The maximum absolute atomic E-state index is 12.4. The van der Waals surface area contributed by atoms with Crippen LogP contribution in [0.4, 0.5) is 0 Å². The van der Waals surface area contributed by atoms with E-state index in [0.29, 0.717) is 12.5 Å². The second kappa shape index (κ2) is 7.28. The molecule has 0 spiro atoms. The van der Waals surface area contributed by atoms with Gasteiger partial charge in [-0.05, 0) is 43.2 Å². The second-order valence-electron chi connectivity index (χ2n) is 5.99. The van der Waals surface area contributed by atoms with Crippen LogP contribution < -0.4 is 11.1 Å². The number of rotatable bonds is 6. The maximum atomic E-state index is 12.4. The zero-order chi connectivity index (χ0) is 14.8. The van der Waals surface area contributed by atoms with Crippen molar-refractivity contribution in [2.75, 3.05) is 6.54 Å². The highest BCUT2D eigenvalue weighted by molar-refractivity contribution is 5.85. The highest BCUT2D eigenvalue weighted by Crippen LogP contribution is 2.48. The van der Waals surface area contributed by atoms with Crippen molar-refractivity contribution in [3.8, 4) is 0 Å². The minimum atomic E-state index is -0.226. The smallest absolute Gasteiger partial charge is 0.224 e. The summed E-state index contributed by atoms with van der Waals surface area (Å²) in [5.74, 6) is 0.688. The fraction of sp³-hybridized carbons (Fsp3) is 0.588. The van der Waals surface area contributed by atoms with Crippen LogP contribution in [0.15, 0.2) is 24.3 Å². The largest absolute Gasteiger partial charge is 0.349 e. The molecule has 0 radical (unpaired) electrons. The van der Waals surface area contributed by atoms with Gasteiger partial charge in [-0.3, -0.25) is 4.79 Å². The quantitative estimate of drug-likeness (QED) is 0.848. The fourth-order valence-corrected chi connectivity index (χ4v) is 2.95. The summed E-state index contributed by atoms with van der Waals surface area (Å²) in [4.78, 5) is 12.4. The number of benzene rings is 1. The number of halogens is 1. The Bertz CT molecular complexity index is 477. The molecule has 1 aliphatic carbocycles. The lowest BCUT2D eigenvalue weighted by Crippen LogP contribution is -2.53. The predicted molar refractivity (Wildman–Crippen MR) is 89.8 cm³/mol. The molecule has 0 heterocycles. The normalized spacial score (nSPS) is 20.6. The van der Waals surface area contributed by atoms with Gasteiger partial charge in [-0.25, -0.2) is 0 Å². The second-order valence-corrected chi connectivity index (χ2v) is 5.99. The lowest BCUT2D eigenvalue weighted by Gasteiger charge is -2.31. The van der Waals surface area contributed by atoms with E-state index in [1.807, 2.05) is 6.07 Å². The summed E-state index contributed by atoms with van der Waals surface area (Å²) in [6.45, 7) is 6.79. The number of amides is 1. The molecule has 1 amide bonds. The monoisotopic (exact) mass is 310 g/mol. The molecule has 2 unspecified atom stereocenters. The topological polar surface area (TPSA) is 55.1 Å². The first-order valence-corrected chi connectivity index (χ1v) is 7.64. The van der Waals surface area contributed by atoms with Crippen LogP contribution in [0.25, 0.3) is 0 Å². The van der Waals surface area contributed by atoms with Gasteiger partial charge in [-0.15, -0.1) is 12.4 Å². The summed E-state index contributed by atoms with van der Waals surface area (Å²) in [6, 6.07) is 8.36. The van der Waals surface area contributed by atoms with Gasteiger partial charge in [-0.1, -0.05) is 38.1 Å². The van der Waals surface area contributed by atoms with Gasteiger partial charge in [-0.2, -0.15) is 0 Å². The van der Waals surface area contributed by atoms with E-state index in [0.717, 1.165) is 19.3 Å². The van der Waals surface area contributed by atoms with Crippen molar-refractivity contribution in [3.63, 3.8) is 0 Å². The summed E-state index contributed by atoms with van der Waals surface area (Å²) in [5.41, 5.74) is 8.23. The lowest BCUT2D eigenvalue weighted by molar-refractivity contribution is -0.124. The van der Waals surface area contributed by atoms with E-state index in [9.17, 15) is 4.79 Å². The van der Waals surface area contributed by atoms with Crippen LogP contribution in [0.3, 0.4) is 0 Å². The van der Waals surface area contributed by atoms with Crippen LogP contribution in [0.1, 0.15) is 50.2 Å². The molecule has 3 N–H and O–H groups in total. The van der Waals surface area contributed by atoms with E-state index in [1.54, 1.807) is 0 Å². The first kappa shape index (κ1) is 18.0. The van der Waals surface area contributed by atoms with Crippen molar-refractivity contribution in [1.82, 2.24) is 5.32 Å². The first-order chi connectivity index (χ1) is 9.56. The molecule has 1 fully saturated rings. The molecule has 1 aromatic rings. The van der Waals surface area contributed by atoms with Crippen LogP contribution in [0.2, 0.25) is 0 Å². The Labute approximate surface area is 134 Å². The van der Waals surface area contributed by atoms with Gasteiger partial charge in [0.15, 0.2) is 0 Å². The zero-order valence-electron chi connectivity index (χ0n) is 13.2. The predicted octanol–water partition coefficient (Wildman–Crippen LogP) is 3.15. The highest BCUT2D eigenvalue weighted by atomic mass is 35.5. The van der Waals surface area contributed by atoms with Crippen molar-refractivity contribution in [3.05, 3.63) is 35.4 Å². The highest BCUT2D eigenvalue weighted by Gasteiger charge is 2.46. The summed E-state index contributed by atoms with van der Waals surface area (Å²) in [5, 5.41) is 3.20. The number of carbonyl (C=O) groups excluding carboxylic acids is 1. The molecule has 0 aromatic heterocycles. The molecule has 0 aliphatic heterocycles. The Kier molecular flexibility index (Phi) is 6.24. The molecule has 1 aliphatic rings. The molecule has 1 saturated carbocycles. The summed E-state index contributed by atoms with van der Waals surface area (Å²) < 4.78 is 0.